The molecule has 2 unspecified atom stereocenters. The molecule has 150 valence electrons. The van der Waals surface area contributed by atoms with Gasteiger partial charge in [-0.1, -0.05) is 47.5 Å². The molecule has 2 bridgehead atoms. The van der Waals surface area contributed by atoms with E-state index in [0.29, 0.717) is 21.2 Å². The van der Waals surface area contributed by atoms with Gasteiger partial charge in [-0.15, -0.1) is 0 Å². The summed E-state index contributed by atoms with van der Waals surface area (Å²) in [6.45, 7) is -0.0457. The number of hydrogen-bond donors (Lipinski definition) is 2. The highest BCUT2D eigenvalue weighted by atomic mass is 35.5. The van der Waals surface area contributed by atoms with Crippen molar-refractivity contribution in [1.29, 1.82) is 0 Å². The van der Waals surface area contributed by atoms with Crippen LogP contribution in [0.4, 0.5) is 0 Å². The molecule has 2 aromatic carbocycles. The van der Waals surface area contributed by atoms with Crippen molar-refractivity contribution in [3.05, 3.63) is 69.7 Å². The molecule has 0 radical (unpaired) electrons. The Morgan fingerprint density at radius 1 is 0.786 bits per heavy atom. The van der Waals surface area contributed by atoms with Gasteiger partial charge >= 0.3 is 0 Å². The van der Waals surface area contributed by atoms with Gasteiger partial charge in [-0.2, -0.15) is 0 Å². The summed E-state index contributed by atoms with van der Waals surface area (Å²) in [5, 5.41) is 22.4. The second-order valence-electron chi connectivity index (χ2n) is 6.77. The number of halogens is 2. The molecule has 2 fully saturated rings. The van der Waals surface area contributed by atoms with Crippen LogP contribution < -0.4 is 0 Å². The van der Waals surface area contributed by atoms with Crippen LogP contribution in [0.3, 0.4) is 0 Å². The lowest BCUT2D eigenvalue weighted by Gasteiger charge is -2.35. The van der Waals surface area contributed by atoms with Crippen molar-refractivity contribution < 1.29 is 29.2 Å². The lowest BCUT2D eigenvalue weighted by atomic mass is 10.0. The van der Waals surface area contributed by atoms with Crippen LogP contribution in [0.25, 0.3) is 0 Å². The lowest BCUT2D eigenvalue weighted by molar-refractivity contribution is -0.252. The molecule has 2 heterocycles. The highest BCUT2D eigenvalue weighted by Gasteiger charge is 2.43. The van der Waals surface area contributed by atoms with E-state index in [-0.39, 0.29) is 13.2 Å². The van der Waals surface area contributed by atoms with Gasteiger partial charge in [0.2, 0.25) is 0 Å². The highest BCUT2D eigenvalue weighted by Crippen LogP contribution is 2.34. The first-order valence-corrected chi connectivity index (χ1v) is 9.68. The molecular formula is C20H20Cl2O6. The number of aliphatic hydroxyl groups is 2. The predicted octanol–water partition coefficient (Wildman–Crippen LogP) is 3.24. The third kappa shape index (κ3) is 4.35. The number of aliphatic hydroxyl groups excluding tert-OH is 2. The normalized spacial score (nSPS) is 33.6. The Bertz CT molecular complexity index is 775. The van der Waals surface area contributed by atoms with Gasteiger partial charge in [-0.25, -0.2) is 0 Å². The van der Waals surface area contributed by atoms with E-state index in [1.165, 1.54) is 0 Å². The lowest BCUT2D eigenvalue weighted by Crippen LogP contribution is -2.50. The Labute approximate surface area is 172 Å². The average molecular weight is 427 g/mol. The SMILES string of the molecule is O[C@@H]1[C@H]2OC(c3cccc(Cl)c3)OC[C@@H]1OC(c1cccc(Cl)c1)OC[C@H]2O. The molecule has 0 spiro atoms. The van der Waals surface area contributed by atoms with Crippen LogP contribution in [0, 0.1) is 0 Å². The highest BCUT2D eigenvalue weighted by molar-refractivity contribution is 6.30. The van der Waals surface area contributed by atoms with Gasteiger partial charge in [0.15, 0.2) is 12.6 Å². The number of hydrogen-bond acceptors (Lipinski definition) is 6. The maximum Gasteiger partial charge on any atom is 0.184 e. The topological polar surface area (TPSA) is 77.4 Å². The van der Waals surface area contributed by atoms with E-state index in [1.54, 1.807) is 48.5 Å². The van der Waals surface area contributed by atoms with Crippen LogP contribution in [-0.4, -0.2) is 47.8 Å². The molecule has 2 aromatic rings. The minimum Gasteiger partial charge on any atom is -0.388 e. The summed E-state index contributed by atoms with van der Waals surface area (Å²) in [5.74, 6) is 0. The third-order valence-electron chi connectivity index (χ3n) is 4.75. The van der Waals surface area contributed by atoms with Crippen molar-refractivity contribution >= 4 is 23.2 Å². The molecule has 0 saturated carbocycles. The van der Waals surface area contributed by atoms with Crippen LogP contribution in [0.15, 0.2) is 48.5 Å². The predicted molar refractivity (Wildman–Crippen MR) is 102 cm³/mol. The summed E-state index contributed by atoms with van der Waals surface area (Å²) in [7, 11) is 0. The molecule has 0 amide bonds. The van der Waals surface area contributed by atoms with Crippen molar-refractivity contribution in [2.45, 2.75) is 37.0 Å². The smallest absolute Gasteiger partial charge is 0.184 e. The largest absolute Gasteiger partial charge is 0.388 e. The van der Waals surface area contributed by atoms with Crippen molar-refractivity contribution in [3.63, 3.8) is 0 Å². The molecule has 2 N–H and O–H groups in total. The maximum absolute atomic E-state index is 10.8. The van der Waals surface area contributed by atoms with Gasteiger partial charge < -0.3 is 29.2 Å². The van der Waals surface area contributed by atoms with Crippen LogP contribution in [0.1, 0.15) is 23.7 Å². The Morgan fingerprint density at radius 3 is 1.96 bits per heavy atom. The quantitative estimate of drug-likeness (QED) is 0.767. The van der Waals surface area contributed by atoms with Crippen LogP contribution in [0.2, 0.25) is 10.0 Å². The number of fused-ring (bicyclic) bond motifs is 2. The molecule has 0 aromatic heterocycles. The summed E-state index contributed by atoms with van der Waals surface area (Å²) in [5.41, 5.74) is 1.37. The second kappa shape index (κ2) is 8.65. The molecule has 6 nitrogen and oxygen atoms in total. The zero-order valence-corrected chi connectivity index (χ0v) is 16.3. The van der Waals surface area contributed by atoms with Crippen molar-refractivity contribution in [1.82, 2.24) is 0 Å². The fourth-order valence-corrected chi connectivity index (χ4v) is 3.73. The molecule has 2 aliphatic rings. The zero-order valence-electron chi connectivity index (χ0n) is 14.8. The first-order valence-electron chi connectivity index (χ1n) is 8.92. The molecule has 28 heavy (non-hydrogen) atoms. The molecule has 0 aliphatic carbocycles. The van der Waals surface area contributed by atoms with Crippen LogP contribution in [0.5, 0.6) is 0 Å². The van der Waals surface area contributed by atoms with Gasteiger partial charge in [-0.05, 0) is 24.3 Å². The zero-order chi connectivity index (χ0) is 19.7. The third-order valence-corrected chi connectivity index (χ3v) is 5.22. The Kier molecular flexibility index (Phi) is 6.20. The summed E-state index contributed by atoms with van der Waals surface area (Å²) in [6, 6.07) is 14.1. The van der Waals surface area contributed by atoms with Gasteiger partial charge in [0.25, 0.3) is 0 Å². The fourth-order valence-electron chi connectivity index (χ4n) is 3.33. The minimum atomic E-state index is -1.11. The Hall–Kier alpha value is -1.22. The van der Waals surface area contributed by atoms with Gasteiger partial charge in [0.1, 0.15) is 24.4 Å². The minimum absolute atomic E-state index is 0.0436. The molecule has 4 rings (SSSR count). The van der Waals surface area contributed by atoms with E-state index < -0.39 is 37.0 Å². The van der Waals surface area contributed by atoms with Gasteiger partial charge in [0.05, 0.1) is 13.2 Å². The monoisotopic (exact) mass is 426 g/mol. The summed E-state index contributed by atoms with van der Waals surface area (Å²) < 4.78 is 23.4. The van der Waals surface area contributed by atoms with E-state index in [9.17, 15) is 10.2 Å². The molecule has 2 saturated heterocycles. The molecular weight excluding hydrogens is 407 g/mol. The maximum atomic E-state index is 10.8. The second-order valence-corrected chi connectivity index (χ2v) is 7.65. The molecule has 8 heteroatoms. The van der Waals surface area contributed by atoms with E-state index in [2.05, 4.69) is 0 Å². The number of rotatable bonds is 2. The van der Waals surface area contributed by atoms with Crippen molar-refractivity contribution in [2.75, 3.05) is 13.2 Å². The molecule has 2 aliphatic heterocycles. The van der Waals surface area contributed by atoms with Crippen LogP contribution >= 0.6 is 23.2 Å². The van der Waals surface area contributed by atoms with Gasteiger partial charge in [0, 0.05) is 21.2 Å². The van der Waals surface area contributed by atoms with Gasteiger partial charge in [-0.3, -0.25) is 0 Å². The van der Waals surface area contributed by atoms with E-state index in [0.717, 1.165) is 0 Å². The number of ether oxygens (including phenoxy) is 4. The van der Waals surface area contributed by atoms with Crippen molar-refractivity contribution in [3.8, 4) is 0 Å². The van der Waals surface area contributed by atoms with E-state index >= 15 is 0 Å². The fraction of sp³-hybridized carbons (Fsp3) is 0.400. The number of benzene rings is 2. The summed E-state index contributed by atoms with van der Waals surface area (Å²) >= 11 is 12.1. The Morgan fingerprint density at radius 2 is 1.36 bits per heavy atom. The summed E-state index contributed by atoms with van der Waals surface area (Å²) in [4.78, 5) is 0. The average Bonchev–Trinajstić information content (AvgIpc) is 2.85. The first kappa shape index (κ1) is 20.1. The summed E-state index contributed by atoms with van der Waals surface area (Å²) in [6.07, 6.45) is -5.51. The van der Waals surface area contributed by atoms with Crippen LogP contribution in [-0.2, 0) is 18.9 Å². The Balaban J connectivity index is 1.59. The standard InChI is InChI=1S/C20H20Cl2O6/c21-13-5-1-3-11(7-13)19-25-9-15(23)18-17(24)16(27-19)10-26-20(28-18)12-4-2-6-14(22)8-12/h1-8,15-20,23-24H,9-10H2/t15-,16+,17+,18+,19?,20?/m1/s1. The first-order chi connectivity index (χ1) is 13.5. The van der Waals surface area contributed by atoms with E-state index in [4.69, 9.17) is 42.1 Å². The molecule has 6 atom stereocenters. The van der Waals surface area contributed by atoms with Crippen molar-refractivity contribution in [2.24, 2.45) is 0 Å². The van der Waals surface area contributed by atoms with E-state index in [1.807, 2.05) is 0 Å².